The van der Waals surface area contributed by atoms with Crippen LogP contribution in [0, 0.1) is 10.1 Å². The molecule has 1 N–H and O–H groups in total. The van der Waals surface area contributed by atoms with E-state index in [0.717, 1.165) is 50.4 Å². The topological polar surface area (TPSA) is 82.0 Å². The molecule has 1 amide bonds. The zero-order valence-electron chi connectivity index (χ0n) is 20.9. The van der Waals surface area contributed by atoms with Crippen molar-refractivity contribution >= 4 is 34.6 Å². The SMILES string of the molecule is C.O=C(CCN1CCCN(c2ccc(Cl)cc2)CC1)N1CCC(Nc2ccc([N+](=O)[O-])c(C(F)(F)F)c2)CC1. The molecule has 12 heteroatoms. The molecule has 2 aromatic rings. The van der Waals surface area contributed by atoms with E-state index in [0.29, 0.717) is 43.9 Å². The van der Waals surface area contributed by atoms with Crippen LogP contribution in [0.4, 0.5) is 30.2 Å². The van der Waals surface area contributed by atoms with Crippen LogP contribution in [0.15, 0.2) is 42.5 Å². The van der Waals surface area contributed by atoms with Crippen LogP contribution in [0.3, 0.4) is 0 Å². The first-order valence-electron chi connectivity index (χ1n) is 12.7. The van der Waals surface area contributed by atoms with Crippen LogP contribution >= 0.6 is 11.6 Å². The molecule has 2 heterocycles. The second-order valence-corrected chi connectivity index (χ2v) is 10.1. The van der Waals surface area contributed by atoms with E-state index in [9.17, 15) is 28.1 Å². The minimum atomic E-state index is -4.82. The molecule has 2 aromatic carbocycles. The van der Waals surface area contributed by atoms with E-state index in [1.807, 2.05) is 29.2 Å². The van der Waals surface area contributed by atoms with Gasteiger partial charge >= 0.3 is 6.18 Å². The van der Waals surface area contributed by atoms with Gasteiger partial charge in [-0.1, -0.05) is 19.0 Å². The van der Waals surface area contributed by atoms with Gasteiger partial charge in [0.05, 0.1) is 4.92 Å². The molecule has 2 saturated heterocycles. The largest absolute Gasteiger partial charge is 0.423 e. The lowest BCUT2D eigenvalue weighted by Gasteiger charge is -2.33. The molecule has 39 heavy (non-hydrogen) atoms. The first kappa shape index (κ1) is 30.5. The Bertz CT molecular complexity index is 1120. The van der Waals surface area contributed by atoms with Gasteiger partial charge in [-0.3, -0.25) is 14.9 Å². The third-order valence-corrected chi connectivity index (χ3v) is 7.39. The Kier molecular flexibility index (Phi) is 10.4. The molecule has 0 aromatic heterocycles. The zero-order chi connectivity index (χ0) is 27.3. The van der Waals surface area contributed by atoms with Crippen molar-refractivity contribution in [3.63, 3.8) is 0 Å². The van der Waals surface area contributed by atoms with Crippen molar-refractivity contribution in [2.75, 3.05) is 56.0 Å². The van der Waals surface area contributed by atoms with E-state index in [2.05, 4.69) is 15.1 Å². The van der Waals surface area contributed by atoms with Crippen LogP contribution in [0.2, 0.25) is 5.02 Å². The lowest BCUT2D eigenvalue weighted by Crippen LogP contribution is -2.43. The minimum Gasteiger partial charge on any atom is -0.382 e. The molecule has 2 aliphatic rings. The Hall–Kier alpha value is -3.05. The smallest absolute Gasteiger partial charge is 0.382 e. The van der Waals surface area contributed by atoms with Crippen molar-refractivity contribution in [3.8, 4) is 0 Å². The van der Waals surface area contributed by atoms with Gasteiger partial charge in [-0.25, -0.2) is 0 Å². The highest BCUT2D eigenvalue weighted by atomic mass is 35.5. The molecular formula is C27H35ClF3N5O3. The summed E-state index contributed by atoms with van der Waals surface area (Å²) in [5.41, 5.74) is -0.913. The van der Waals surface area contributed by atoms with Crippen molar-refractivity contribution in [1.82, 2.24) is 9.80 Å². The highest BCUT2D eigenvalue weighted by molar-refractivity contribution is 6.30. The monoisotopic (exact) mass is 569 g/mol. The summed E-state index contributed by atoms with van der Waals surface area (Å²) in [5.74, 6) is 0.0805. The van der Waals surface area contributed by atoms with E-state index >= 15 is 0 Å². The Morgan fingerprint density at radius 3 is 2.36 bits per heavy atom. The third kappa shape index (κ3) is 8.22. The number of likely N-dealkylation sites (tertiary alicyclic amines) is 1. The van der Waals surface area contributed by atoms with E-state index in [1.54, 1.807) is 0 Å². The van der Waals surface area contributed by atoms with Gasteiger partial charge in [-0.2, -0.15) is 13.2 Å². The highest BCUT2D eigenvalue weighted by Gasteiger charge is 2.38. The molecule has 0 aliphatic carbocycles. The van der Waals surface area contributed by atoms with E-state index in [-0.39, 0.29) is 25.1 Å². The number of carbonyl (C=O) groups excluding carboxylic acids is 1. The summed E-state index contributed by atoms with van der Waals surface area (Å²) in [6.07, 6.45) is -2.21. The zero-order valence-corrected chi connectivity index (χ0v) is 21.7. The second-order valence-electron chi connectivity index (χ2n) is 9.69. The molecule has 0 atom stereocenters. The van der Waals surface area contributed by atoms with Gasteiger partial charge in [-0.05, 0) is 62.2 Å². The lowest BCUT2D eigenvalue weighted by atomic mass is 10.0. The van der Waals surface area contributed by atoms with Crippen molar-refractivity contribution in [1.29, 1.82) is 0 Å². The number of nitrogens with zero attached hydrogens (tertiary/aromatic N) is 4. The molecule has 0 radical (unpaired) electrons. The Labute approximate surface area is 231 Å². The quantitative estimate of drug-likeness (QED) is 0.330. The minimum absolute atomic E-state index is 0. The molecular weight excluding hydrogens is 535 g/mol. The predicted molar refractivity (Wildman–Crippen MR) is 147 cm³/mol. The van der Waals surface area contributed by atoms with Crippen molar-refractivity contribution in [3.05, 3.63) is 63.2 Å². The number of nitrogens with one attached hydrogen (secondary N) is 1. The molecule has 214 valence electrons. The maximum Gasteiger partial charge on any atom is 0.423 e. The Morgan fingerprint density at radius 2 is 1.72 bits per heavy atom. The van der Waals surface area contributed by atoms with Gasteiger partial charge in [0.2, 0.25) is 5.91 Å². The van der Waals surface area contributed by atoms with Crippen LogP contribution < -0.4 is 10.2 Å². The molecule has 0 spiro atoms. The number of amides is 1. The Morgan fingerprint density at radius 1 is 1.03 bits per heavy atom. The van der Waals surface area contributed by atoms with Gasteiger partial charge in [0.15, 0.2) is 0 Å². The fourth-order valence-corrected chi connectivity index (χ4v) is 5.16. The molecule has 4 rings (SSSR count). The van der Waals surface area contributed by atoms with Gasteiger partial charge in [0.1, 0.15) is 5.56 Å². The predicted octanol–water partition coefficient (Wildman–Crippen LogP) is 5.91. The number of carbonyl (C=O) groups is 1. The van der Waals surface area contributed by atoms with Crippen LogP contribution in [-0.2, 0) is 11.0 Å². The first-order valence-corrected chi connectivity index (χ1v) is 13.1. The van der Waals surface area contributed by atoms with Gasteiger partial charge in [0, 0.05) is 74.2 Å². The number of alkyl halides is 3. The van der Waals surface area contributed by atoms with Gasteiger partial charge in [0.25, 0.3) is 5.69 Å². The molecule has 0 bridgehead atoms. The summed E-state index contributed by atoms with van der Waals surface area (Å²) in [7, 11) is 0. The fourth-order valence-electron chi connectivity index (χ4n) is 5.04. The number of nitro benzene ring substituents is 1. The van der Waals surface area contributed by atoms with Crippen molar-refractivity contribution in [2.45, 2.75) is 45.3 Å². The molecule has 8 nitrogen and oxygen atoms in total. The summed E-state index contributed by atoms with van der Waals surface area (Å²) in [6.45, 7) is 5.35. The van der Waals surface area contributed by atoms with Crippen molar-refractivity contribution in [2.24, 2.45) is 0 Å². The fraction of sp³-hybridized carbons (Fsp3) is 0.519. The van der Waals surface area contributed by atoms with Crippen LogP contribution in [-0.4, -0.2) is 72.5 Å². The standard InChI is InChI=1S/C26H31ClF3N5O3.CH4/c27-19-2-5-22(6-3-19)33-12-1-11-32(16-17-33)13-10-25(36)34-14-8-20(9-15-34)31-21-4-7-24(35(37)38)23(18-21)26(28,29)30;/h2-7,18,20,31H,1,8-17H2;1H4. The van der Waals surface area contributed by atoms with Gasteiger partial charge < -0.3 is 20.0 Å². The molecule has 0 unspecified atom stereocenters. The Balaban J connectivity index is 0.00000420. The number of rotatable bonds is 7. The average molecular weight is 570 g/mol. The normalized spacial score (nSPS) is 17.3. The van der Waals surface area contributed by atoms with Crippen LogP contribution in [0.25, 0.3) is 0 Å². The third-order valence-electron chi connectivity index (χ3n) is 7.14. The van der Waals surface area contributed by atoms with E-state index in [4.69, 9.17) is 11.6 Å². The van der Waals surface area contributed by atoms with Crippen LogP contribution in [0.1, 0.15) is 38.7 Å². The summed E-state index contributed by atoms with van der Waals surface area (Å²) in [4.78, 5) is 29.2. The van der Waals surface area contributed by atoms with E-state index in [1.165, 1.54) is 6.07 Å². The number of piperidine rings is 1. The van der Waals surface area contributed by atoms with Crippen molar-refractivity contribution < 1.29 is 22.9 Å². The number of hydrogen-bond acceptors (Lipinski definition) is 6. The number of anilines is 2. The van der Waals surface area contributed by atoms with Gasteiger partial charge in [-0.15, -0.1) is 0 Å². The summed E-state index contributed by atoms with van der Waals surface area (Å²) >= 11 is 6.00. The summed E-state index contributed by atoms with van der Waals surface area (Å²) < 4.78 is 39.8. The maximum absolute atomic E-state index is 13.3. The van der Waals surface area contributed by atoms with Crippen LogP contribution in [0.5, 0.6) is 0 Å². The molecule has 2 fully saturated rings. The maximum atomic E-state index is 13.3. The molecule has 2 aliphatic heterocycles. The second kappa shape index (κ2) is 13.3. The highest BCUT2D eigenvalue weighted by Crippen LogP contribution is 2.38. The summed E-state index contributed by atoms with van der Waals surface area (Å²) in [5, 5.41) is 14.7. The number of nitro groups is 1. The number of halogens is 4. The first-order chi connectivity index (χ1) is 18.1. The number of hydrogen-bond donors (Lipinski definition) is 1. The lowest BCUT2D eigenvalue weighted by molar-refractivity contribution is -0.388. The number of benzene rings is 2. The molecule has 0 saturated carbocycles. The summed E-state index contributed by atoms with van der Waals surface area (Å²) in [6, 6.07) is 10.7. The van der Waals surface area contributed by atoms with E-state index < -0.39 is 22.4 Å². The average Bonchev–Trinajstić information content (AvgIpc) is 3.13.